The molecule has 0 spiro atoms. The van der Waals surface area contributed by atoms with Crippen LogP contribution in [0.4, 0.5) is 11.4 Å². The molecule has 0 amide bonds. The number of aliphatic hydroxyl groups excluding tert-OH is 1. The van der Waals surface area contributed by atoms with E-state index < -0.39 is 17.1 Å². The first-order valence-electron chi connectivity index (χ1n) is 4.07. The first-order valence-corrected chi connectivity index (χ1v) is 5.02. The second-order valence-corrected chi connectivity index (χ2v) is 3.12. The molecular weight excluding hydrogens is 240 g/mol. The highest BCUT2D eigenvalue weighted by atomic mass is 35.6. The Kier molecular flexibility index (Phi) is 6.54. The molecule has 6 N–H and O–H groups in total. The lowest BCUT2D eigenvalue weighted by atomic mass is 10.2. The van der Waals surface area contributed by atoms with E-state index in [1.54, 1.807) is 18.2 Å². The lowest BCUT2D eigenvalue weighted by molar-refractivity contribution is -1.63. The third-order valence-corrected chi connectivity index (χ3v) is 1.33. The molecule has 1 aromatic carbocycles. The molecule has 7 nitrogen and oxygen atoms in total. The minimum absolute atomic E-state index is 0.427. The second-order valence-electron chi connectivity index (χ2n) is 2.72. The Balaban J connectivity index is 0.000000487. The molecular formula is C8H13ClN2O5. The number of anilines is 2. The molecule has 92 valence electrons. The van der Waals surface area contributed by atoms with Crippen molar-refractivity contribution in [1.82, 2.24) is 0 Å². The Morgan fingerprint density at radius 1 is 1.38 bits per heavy atom. The quantitative estimate of drug-likeness (QED) is 0.340. The van der Waals surface area contributed by atoms with E-state index in [4.69, 9.17) is 35.3 Å². The predicted octanol–water partition coefficient (Wildman–Crippen LogP) is -2.37. The molecule has 0 aliphatic rings. The van der Waals surface area contributed by atoms with Gasteiger partial charge in [0, 0.05) is 10.3 Å². The molecule has 0 saturated heterocycles. The minimum Gasteiger partial charge on any atom is -0.463 e. The van der Waals surface area contributed by atoms with Crippen LogP contribution < -0.4 is 25.5 Å². The largest absolute Gasteiger partial charge is 0.463 e. The van der Waals surface area contributed by atoms with E-state index in [1.807, 2.05) is 0 Å². The van der Waals surface area contributed by atoms with E-state index in [2.05, 4.69) is 0 Å². The van der Waals surface area contributed by atoms with Crippen molar-refractivity contribution in [3.05, 3.63) is 18.2 Å². The van der Waals surface area contributed by atoms with E-state index in [-0.39, 0.29) is 0 Å². The third kappa shape index (κ3) is 7.10. The normalized spacial score (nSPS) is 11.6. The Hall–Kier alpha value is -1.25. The topological polar surface area (TPSA) is 148 Å². The van der Waals surface area contributed by atoms with Crippen LogP contribution in [0.1, 0.15) is 6.92 Å². The summed E-state index contributed by atoms with van der Waals surface area (Å²) in [6.07, 6.45) is -0.865. The van der Waals surface area contributed by atoms with Crippen LogP contribution in [0.15, 0.2) is 18.2 Å². The maximum absolute atomic E-state index is 8.89. The molecule has 16 heavy (non-hydrogen) atoms. The number of halogens is 1. The molecule has 1 atom stereocenters. The number of rotatable bonds is 2. The first kappa shape index (κ1) is 14.8. The lowest BCUT2D eigenvalue weighted by Gasteiger charge is -2.10. The molecule has 0 radical (unpaired) electrons. The molecule has 0 saturated carbocycles. The van der Waals surface area contributed by atoms with Gasteiger partial charge in [-0.3, -0.25) is 0 Å². The van der Waals surface area contributed by atoms with Crippen LogP contribution in [-0.2, 0) is 0 Å². The van der Waals surface area contributed by atoms with Gasteiger partial charge < -0.3 is 30.6 Å². The Bertz CT molecular complexity index is 319. The van der Waals surface area contributed by atoms with Crippen molar-refractivity contribution in [2.75, 3.05) is 11.5 Å². The van der Waals surface area contributed by atoms with Crippen molar-refractivity contribution >= 4 is 11.4 Å². The zero-order valence-electron chi connectivity index (χ0n) is 8.46. The Morgan fingerprint density at radius 3 is 2.25 bits per heavy atom. The van der Waals surface area contributed by atoms with E-state index in [1.165, 1.54) is 6.92 Å². The summed E-state index contributed by atoms with van der Waals surface area (Å²) < 4.78 is 28.9. The summed E-state index contributed by atoms with van der Waals surface area (Å²) in [5, 5.41) is 8.89. The van der Waals surface area contributed by atoms with Gasteiger partial charge in [0.2, 0.25) is 0 Å². The van der Waals surface area contributed by atoms with Crippen LogP contribution in [0.5, 0.6) is 5.75 Å². The van der Waals surface area contributed by atoms with Crippen LogP contribution >= 0.6 is 0 Å². The van der Waals surface area contributed by atoms with Crippen LogP contribution in [-0.4, -0.2) is 16.1 Å². The molecule has 0 aromatic heterocycles. The maximum atomic E-state index is 8.89. The summed E-state index contributed by atoms with van der Waals surface area (Å²) in [7, 11) is -2.60. The number of ether oxygens (including phenoxy) is 1. The molecule has 1 aromatic rings. The highest BCUT2D eigenvalue weighted by molar-refractivity contribution is 5.60. The molecule has 0 aliphatic carbocycles. The van der Waals surface area contributed by atoms with Crippen molar-refractivity contribution in [3.63, 3.8) is 0 Å². The van der Waals surface area contributed by atoms with E-state index in [9.17, 15) is 0 Å². The van der Waals surface area contributed by atoms with Gasteiger partial charge in [-0.25, -0.2) is 0 Å². The zero-order valence-corrected chi connectivity index (χ0v) is 9.22. The van der Waals surface area contributed by atoms with Gasteiger partial charge in [0.1, 0.15) is 5.75 Å². The maximum Gasteiger partial charge on any atom is 0.282 e. The van der Waals surface area contributed by atoms with Crippen molar-refractivity contribution in [2.24, 2.45) is 0 Å². The van der Waals surface area contributed by atoms with Crippen LogP contribution in [0.3, 0.4) is 0 Å². The zero-order chi connectivity index (χ0) is 12.7. The van der Waals surface area contributed by atoms with Crippen molar-refractivity contribution in [1.29, 1.82) is 0 Å². The molecule has 1 unspecified atom stereocenters. The molecule has 0 heterocycles. The van der Waals surface area contributed by atoms with E-state index in [0.717, 1.165) is 0 Å². The summed E-state index contributed by atoms with van der Waals surface area (Å²) in [4.78, 5) is 0. The second kappa shape index (κ2) is 7.09. The number of aliphatic hydroxyl groups is 1. The predicted molar refractivity (Wildman–Crippen MR) is 49.8 cm³/mol. The summed E-state index contributed by atoms with van der Waals surface area (Å²) in [6, 6.07) is 4.86. The van der Waals surface area contributed by atoms with Gasteiger partial charge in [-0.05, 0) is 25.1 Å². The lowest BCUT2D eigenvalue weighted by Crippen LogP contribution is -2.30. The summed E-state index contributed by atoms with van der Waals surface area (Å²) in [6.45, 7) is 1.51. The third-order valence-electron chi connectivity index (χ3n) is 1.33. The first-order chi connectivity index (χ1) is 7.32. The number of hydrogen-bond acceptors (Lipinski definition) is 7. The van der Waals surface area contributed by atoms with Crippen LogP contribution in [0, 0.1) is 10.8 Å². The average molecular weight is 253 g/mol. The molecule has 8 heteroatoms. The van der Waals surface area contributed by atoms with Crippen molar-refractivity contribution < 1.29 is 34.6 Å². The number of nitrogen functional groups attached to an aromatic ring is 2. The van der Waals surface area contributed by atoms with Crippen LogP contribution in [0.25, 0.3) is 0 Å². The highest BCUT2D eigenvalue weighted by Crippen LogP contribution is 2.23. The molecule has 1 rings (SSSR count). The Labute approximate surface area is 95.3 Å². The molecule has 0 bridgehead atoms. The van der Waals surface area contributed by atoms with Gasteiger partial charge in [-0.15, -0.1) is 0 Å². The van der Waals surface area contributed by atoms with Gasteiger partial charge >= 0.3 is 0 Å². The Morgan fingerprint density at radius 2 is 1.88 bits per heavy atom. The van der Waals surface area contributed by atoms with Crippen LogP contribution in [0.2, 0.25) is 0 Å². The van der Waals surface area contributed by atoms with Crippen molar-refractivity contribution in [2.45, 2.75) is 13.2 Å². The summed E-state index contributed by atoms with van der Waals surface area (Å²) in [5.74, 6) is 0.444. The van der Waals surface area contributed by atoms with E-state index in [0.29, 0.717) is 17.1 Å². The van der Waals surface area contributed by atoms with Gasteiger partial charge in [0.05, 0.1) is 5.69 Å². The monoisotopic (exact) mass is 252 g/mol. The number of hydrogen-bond donors (Lipinski definition) is 4. The molecule has 0 aliphatic heterocycles. The van der Waals surface area contributed by atoms with E-state index >= 15 is 0 Å². The van der Waals surface area contributed by atoms with Gasteiger partial charge in [-0.1, -0.05) is 0 Å². The van der Waals surface area contributed by atoms with Gasteiger partial charge in [0.15, 0.2) is 6.29 Å². The molecule has 0 fully saturated rings. The highest BCUT2D eigenvalue weighted by Gasteiger charge is 2.02. The summed E-state index contributed by atoms with van der Waals surface area (Å²) in [5.41, 5.74) is 12.0. The SMILES string of the molecule is CC(O)Oc1ccc(N)cc1N.[O-][Cl+2]([O-])O. The minimum atomic E-state index is -2.60. The van der Waals surface area contributed by atoms with Crippen molar-refractivity contribution in [3.8, 4) is 5.75 Å². The number of benzene rings is 1. The fourth-order valence-corrected chi connectivity index (χ4v) is 0.858. The summed E-state index contributed by atoms with van der Waals surface area (Å²) >= 11 is 0. The fourth-order valence-electron chi connectivity index (χ4n) is 0.858. The van der Waals surface area contributed by atoms with Gasteiger partial charge in [-0.2, -0.15) is 0 Å². The number of nitrogens with two attached hydrogens (primary N) is 2. The average Bonchev–Trinajstić information content (AvgIpc) is 2.08. The smallest absolute Gasteiger partial charge is 0.282 e. The van der Waals surface area contributed by atoms with Gasteiger partial charge in [0.25, 0.3) is 10.8 Å². The standard InChI is InChI=1S/C8H12N2O2.ClHO3/c1-5(11)12-8-3-2-6(9)4-7(8)10;2-1(3)4/h2-5,11H,9-10H2,1H3;2H. The fraction of sp³-hybridized carbons (Fsp3) is 0.250.